The molecule has 1 aliphatic heterocycles. The minimum Gasteiger partial charge on any atom is -0.493 e. The van der Waals surface area contributed by atoms with Crippen LogP contribution >= 0.6 is 11.6 Å². The van der Waals surface area contributed by atoms with Crippen molar-refractivity contribution in [2.24, 2.45) is 11.3 Å². The largest absolute Gasteiger partial charge is 0.493 e. The summed E-state index contributed by atoms with van der Waals surface area (Å²) in [5.74, 6) is 1.69. The maximum Gasteiger partial charge on any atom is 0.211 e. The minimum atomic E-state index is -3.07. The number of hydrogen-bond donors (Lipinski definition) is 0. The van der Waals surface area contributed by atoms with E-state index in [4.69, 9.17) is 21.1 Å². The molecule has 1 saturated carbocycles. The highest BCUT2D eigenvalue weighted by molar-refractivity contribution is 7.88. The fourth-order valence-electron chi connectivity index (χ4n) is 5.28. The summed E-state index contributed by atoms with van der Waals surface area (Å²) in [7, 11) is -3.07. The van der Waals surface area contributed by atoms with Crippen LogP contribution in [0.1, 0.15) is 31.7 Å². The van der Waals surface area contributed by atoms with E-state index < -0.39 is 10.0 Å². The number of benzene rings is 2. The fourth-order valence-corrected chi connectivity index (χ4v) is 6.56. The van der Waals surface area contributed by atoms with Crippen LogP contribution in [0.25, 0.3) is 16.6 Å². The molecule has 5 rings (SSSR count). The van der Waals surface area contributed by atoms with Crippen LogP contribution in [0.2, 0.25) is 5.02 Å². The first-order valence-corrected chi connectivity index (χ1v) is 14.0. The lowest BCUT2D eigenvalue weighted by Crippen LogP contribution is -2.63. The van der Waals surface area contributed by atoms with Crippen molar-refractivity contribution in [1.29, 1.82) is 5.26 Å². The van der Waals surface area contributed by atoms with Gasteiger partial charge in [0.05, 0.1) is 35.6 Å². The molecule has 0 unspecified atom stereocenters. The van der Waals surface area contributed by atoms with Gasteiger partial charge in [-0.25, -0.2) is 12.7 Å². The van der Waals surface area contributed by atoms with Gasteiger partial charge in [0.1, 0.15) is 11.8 Å². The fraction of sp³-hybridized carbons (Fsp3) is 0.423. The molecular weight excluding hydrogens is 486 g/mol. The van der Waals surface area contributed by atoms with Crippen molar-refractivity contribution >= 4 is 32.5 Å². The molecule has 9 heteroatoms. The van der Waals surface area contributed by atoms with Crippen molar-refractivity contribution in [2.45, 2.75) is 26.2 Å². The van der Waals surface area contributed by atoms with Gasteiger partial charge >= 0.3 is 0 Å². The Kier molecular flexibility index (Phi) is 6.20. The van der Waals surface area contributed by atoms with Crippen LogP contribution in [0.5, 0.6) is 11.5 Å². The van der Waals surface area contributed by atoms with Gasteiger partial charge in [-0.1, -0.05) is 18.5 Å². The third-order valence-corrected chi connectivity index (χ3v) is 8.44. The minimum absolute atomic E-state index is 0.166. The standard InChI is InChI=1S/C26H28ClN3O4S/c1-3-8-33-25-20(14-28)9-21(11-23(25)27)30-7-6-19-10-22(4-5-24(19)30)34-15-18-12-26(13-18)16-29(17-26)35(2,31)32/h4-7,9-11,18H,3,8,12-13,15-17H2,1-2H3. The summed E-state index contributed by atoms with van der Waals surface area (Å²) in [5, 5.41) is 11.0. The number of aromatic nitrogens is 1. The number of halogens is 1. The molecule has 35 heavy (non-hydrogen) atoms. The van der Waals surface area contributed by atoms with Crippen LogP contribution in [0, 0.1) is 22.7 Å². The predicted octanol–water partition coefficient (Wildman–Crippen LogP) is 4.99. The van der Waals surface area contributed by atoms with Gasteiger partial charge in [0, 0.05) is 30.4 Å². The molecule has 7 nitrogen and oxygen atoms in total. The summed E-state index contributed by atoms with van der Waals surface area (Å²) in [6, 6.07) is 13.8. The zero-order valence-electron chi connectivity index (χ0n) is 19.8. The maximum absolute atomic E-state index is 11.6. The van der Waals surface area contributed by atoms with E-state index in [2.05, 4.69) is 6.07 Å². The molecule has 2 aliphatic rings. The lowest BCUT2D eigenvalue weighted by Gasteiger charge is -2.58. The number of sulfonamides is 1. The quantitative estimate of drug-likeness (QED) is 0.423. The molecule has 2 aromatic carbocycles. The van der Waals surface area contributed by atoms with E-state index in [1.807, 2.05) is 48.0 Å². The predicted molar refractivity (Wildman–Crippen MR) is 136 cm³/mol. The van der Waals surface area contributed by atoms with Crippen LogP contribution in [-0.2, 0) is 10.0 Å². The van der Waals surface area contributed by atoms with Gasteiger partial charge in [0.15, 0.2) is 5.75 Å². The summed E-state index contributed by atoms with van der Waals surface area (Å²) in [4.78, 5) is 0. The Balaban J connectivity index is 1.25. The second-order valence-electron chi connectivity index (χ2n) is 9.79. The average Bonchev–Trinajstić information content (AvgIpc) is 3.18. The molecule has 0 atom stereocenters. The Labute approximate surface area is 210 Å². The van der Waals surface area contributed by atoms with Crippen LogP contribution in [0.4, 0.5) is 0 Å². The number of rotatable bonds is 8. The van der Waals surface area contributed by atoms with E-state index in [9.17, 15) is 13.7 Å². The van der Waals surface area contributed by atoms with E-state index in [-0.39, 0.29) is 5.41 Å². The van der Waals surface area contributed by atoms with E-state index >= 15 is 0 Å². The van der Waals surface area contributed by atoms with Crippen molar-refractivity contribution < 1.29 is 17.9 Å². The Morgan fingerprint density at radius 2 is 1.94 bits per heavy atom. The highest BCUT2D eigenvalue weighted by Gasteiger charge is 2.54. The Morgan fingerprint density at radius 1 is 1.17 bits per heavy atom. The number of nitrogens with zero attached hydrogens (tertiary/aromatic N) is 3. The van der Waals surface area contributed by atoms with Crippen molar-refractivity contribution in [3.8, 4) is 23.3 Å². The number of nitriles is 1. The lowest BCUT2D eigenvalue weighted by molar-refractivity contribution is -0.0652. The van der Waals surface area contributed by atoms with Gasteiger partial charge in [-0.3, -0.25) is 0 Å². The second-order valence-corrected chi connectivity index (χ2v) is 12.2. The lowest BCUT2D eigenvalue weighted by atomic mass is 9.59. The average molecular weight is 514 g/mol. The van der Waals surface area contributed by atoms with E-state index in [0.29, 0.717) is 48.6 Å². The third-order valence-electron chi connectivity index (χ3n) is 6.96. The first-order chi connectivity index (χ1) is 16.7. The molecule has 1 spiro atoms. The molecule has 0 N–H and O–H groups in total. The number of hydrogen-bond acceptors (Lipinski definition) is 5. The molecule has 1 saturated heterocycles. The molecule has 0 bridgehead atoms. The van der Waals surface area contributed by atoms with Gasteiger partial charge < -0.3 is 14.0 Å². The van der Waals surface area contributed by atoms with Gasteiger partial charge in [0.2, 0.25) is 10.0 Å². The zero-order chi connectivity index (χ0) is 24.8. The summed E-state index contributed by atoms with van der Waals surface area (Å²) in [6.07, 6.45) is 6.08. The molecule has 2 heterocycles. The van der Waals surface area contributed by atoms with Gasteiger partial charge in [0.25, 0.3) is 0 Å². The van der Waals surface area contributed by atoms with E-state index in [1.54, 1.807) is 10.4 Å². The Bertz CT molecular complexity index is 1410. The topological polar surface area (TPSA) is 84.6 Å². The highest BCUT2D eigenvalue weighted by atomic mass is 35.5. The molecule has 1 aromatic heterocycles. The van der Waals surface area contributed by atoms with Crippen LogP contribution in [0.15, 0.2) is 42.6 Å². The van der Waals surface area contributed by atoms with Crippen molar-refractivity contribution in [3.05, 3.63) is 53.2 Å². The molecule has 3 aromatic rings. The molecule has 184 valence electrons. The van der Waals surface area contributed by atoms with Gasteiger partial charge in [-0.15, -0.1) is 0 Å². The van der Waals surface area contributed by atoms with Crippen molar-refractivity contribution in [3.63, 3.8) is 0 Å². The molecule has 0 radical (unpaired) electrons. The summed E-state index contributed by atoms with van der Waals surface area (Å²) in [5.41, 5.74) is 2.35. The summed E-state index contributed by atoms with van der Waals surface area (Å²) < 4.78 is 38.5. The van der Waals surface area contributed by atoms with Gasteiger partial charge in [-0.05, 0) is 67.0 Å². The smallest absolute Gasteiger partial charge is 0.211 e. The molecule has 2 fully saturated rings. The van der Waals surface area contributed by atoms with E-state index in [0.717, 1.165) is 41.6 Å². The first-order valence-electron chi connectivity index (χ1n) is 11.8. The van der Waals surface area contributed by atoms with Crippen molar-refractivity contribution in [1.82, 2.24) is 8.87 Å². The van der Waals surface area contributed by atoms with Crippen LogP contribution in [0.3, 0.4) is 0 Å². The summed E-state index contributed by atoms with van der Waals surface area (Å²) >= 11 is 6.46. The Morgan fingerprint density at radius 3 is 2.63 bits per heavy atom. The zero-order valence-corrected chi connectivity index (χ0v) is 21.4. The Hall–Kier alpha value is -2.73. The SMILES string of the molecule is CCCOc1c(Cl)cc(-n2ccc3cc(OCC4CC5(C4)CN(S(C)(=O)=O)C5)ccc32)cc1C#N. The number of fused-ring (bicyclic) bond motifs is 1. The van der Waals surface area contributed by atoms with Crippen LogP contribution in [-0.4, -0.2) is 49.8 Å². The molecule has 0 amide bonds. The molecule has 1 aliphatic carbocycles. The van der Waals surface area contributed by atoms with Crippen LogP contribution < -0.4 is 9.47 Å². The summed E-state index contributed by atoms with van der Waals surface area (Å²) in [6.45, 7) is 4.43. The molecular formula is C26H28ClN3O4S. The monoisotopic (exact) mass is 513 g/mol. The second kappa shape index (κ2) is 9.05. The van der Waals surface area contributed by atoms with Crippen molar-refractivity contribution in [2.75, 3.05) is 32.6 Å². The van der Waals surface area contributed by atoms with E-state index in [1.165, 1.54) is 6.26 Å². The normalized spacial score (nSPS) is 17.7. The van der Waals surface area contributed by atoms with Gasteiger partial charge in [-0.2, -0.15) is 5.26 Å². The maximum atomic E-state index is 11.6. The first kappa shape index (κ1) is 24.0. The third kappa shape index (κ3) is 4.61. The highest BCUT2D eigenvalue weighted by Crippen LogP contribution is 2.52. The number of ether oxygens (including phenoxy) is 2.